The molecule has 0 atom stereocenters. The number of nitrogens with one attached hydrogen (secondary N) is 1. The third kappa shape index (κ3) is 3.21. The van der Waals surface area contributed by atoms with Gasteiger partial charge >= 0.3 is 0 Å². The molecule has 0 saturated heterocycles. The fourth-order valence-corrected chi connectivity index (χ4v) is 2.20. The number of ether oxygens (including phenoxy) is 1. The molecule has 2 aromatic carbocycles. The Morgan fingerprint density at radius 2 is 1.91 bits per heavy atom. The molecule has 23 heavy (non-hydrogen) atoms. The van der Waals surface area contributed by atoms with E-state index in [-0.39, 0.29) is 5.69 Å². The first-order chi connectivity index (χ1) is 11.2. The molecule has 116 valence electrons. The SMILES string of the molecule is COc1ccccc1-c1cc(Nc2ccc(F)c(N)c2)ncn1. The number of methoxy groups -OCH3 is 1. The van der Waals surface area contributed by atoms with E-state index in [0.717, 1.165) is 17.0 Å². The normalized spacial score (nSPS) is 10.3. The zero-order chi connectivity index (χ0) is 16.2. The maximum Gasteiger partial charge on any atom is 0.146 e. The smallest absolute Gasteiger partial charge is 0.146 e. The van der Waals surface area contributed by atoms with E-state index < -0.39 is 5.82 Å². The minimum atomic E-state index is -0.451. The van der Waals surface area contributed by atoms with Gasteiger partial charge in [0.25, 0.3) is 0 Å². The topological polar surface area (TPSA) is 73.1 Å². The lowest BCUT2D eigenvalue weighted by Gasteiger charge is -2.10. The standard InChI is InChI=1S/C17H15FN4O/c1-23-16-5-3-2-4-12(16)15-9-17(21-10-20-15)22-11-6-7-13(18)14(19)8-11/h2-10H,19H2,1H3,(H,20,21,22). The molecule has 1 heterocycles. The zero-order valence-corrected chi connectivity index (χ0v) is 12.5. The molecule has 0 saturated carbocycles. The van der Waals surface area contributed by atoms with Crippen molar-refractivity contribution in [3.8, 4) is 17.0 Å². The van der Waals surface area contributed by atoms with Gasteiger partial charge < -0.3 is 15.8 Å². The van der Waals surface area contributed by atoms with Crippen LogP contribution in [0.4, 0.5) is 21.6 Å². The number of benzene rings is 2. The fourth-order valence-electron chi connectivity index (χ4n) is 2.20. The Kier molecular flexibility index (Phi) is 4.05. The molecule has 0 spiro atoms. The number of halogens is 1. The summed E-state index contributed by atoms with van der Waals surface area (Å²) in [6, 6.07) is 13.8. The largest absolute Gasteiger partial charge is 0.496 e. The molecule has 0 bridgehead atoms. The molecule has 3 N–H and O–H groups in total. The molecular weight excluding hydrogens is 295 g/mol. The maximum atomic E-state index is 13.2. The lowest BCUT2D eigenvalue weighted by Crippen LogP contribution is -1.98. The van der Waals surface area contributed by atoms with E-state index in [2.05, 4.69) is 15.3 Å². The summed E-state index contributed by atoms with van der Waals surface area (Å²) in [7, 11) is 1.61. The van der Waals surface area contributed by atoms with Gasteiger partial charge in [-0.05, 0) is 30.3 Å². The van der Waals surface area contributed by atoms with Gasteiger partial charge in [-0.15, -0.1) is 0 Å². The van der Waals surface area contributed by atoms with Crippen molar-refractivity contribution in [3.63, 3.8) is 0 Å². The van der Waals surface area contributed by atoms with Crippen molar-refractivity contribution in [1.29, 1.82) is 0 Å². The average molecular weight is 310 g/mol. The number of hydrogen-bond donors (Lipinski definition) is 2. The van der Waals surface area contributed by atoms with Gasteiger partial charge in [0.05, 0.1) is 18.5 Å². The van der Waals surface area contributed by atoms with E-state index in [1.807, 2.05) is 24.3 Å². The summed E-state index contributed by atoms with van der Waals surface area (Å²) >= 11 is 0. The Bertz CT molecular complexity index is 838. The third-order valence-electron chi connectivity index (χ3n) is 3.32. The van der Waals surface area contributed by atoms with Gasteiger partial charge in [0.15, 0.2) is 0 Å². The molecule has 0 unspecified atom stereocenters. The third-order valence-corrected chi connectivity index (χ3v) is 3.32. The second-order valence-electron chi connectivity index (χ2n) is 4.85. The predicted molar refractivity (Wildman–Crippen MR) is 88.1 cm³/mol. The molecule has 3 aromatic rings. The van der Waals surface area contributed by atoms with Crippen LogP contribution in [0.15, 0.2) is 54.9 Å². The Labute approximate surface area is 133 Å². The summed E-state index contributed by atoms with van der Waals surface area (Å²) < 4.78 is 18.6. The highest BCUT2D eigenvalue weighted by Gasteiger charge is 2.08. The molecule has 6 heteroatoms. The van der Waals surface area contributed by atoms with Crippen molar-refractivity contribution in [1.82, 2.24) is 9.97 Å². The highest BCUT2D eigenvalue weighted by molar-refractivity contribution is 5.70. The fraction of sp³-hybridized carbons (Fsp3) is 0.0588. The van der Waals surface area contributed by atoms with E-state index in [1.54, 1.807) is 19.2 Å². The quantitative estimate of drug-likeness (QED) is 0.720. The van der Waals surface area contributed by atoms with Crippen molar-refractivity contribution in [3.05, 3.63) is 60.7 Å². The summed E-state index contributed by atoms with van der Waals surface area (Å²) in [5, 5.41) is 3.08. The molecule has 0 amide bonds. The van der Waals surface area contributed by atoms with Crippen LogP contribution in [-0.2, 0) is 0 Å². The van der Waals surface area contributed by atoms with Gasteiger partial charge in [-0.2, -0.15) is 0 Å². The predicted octanol–water partition coefficient (Wildman–Crippen LogP) is 3.62. The lowest BCUT2D eigenvalue weighted by atomic mass is 10.1. The molecule has 3 rings (SSSR count). The van der Waals surface area contributed by atoms with E-state index in [1.165, 1.54) is 18.5 Å². The Balaban J connectivity index is 1.92. The minimum absolute atomic E-state index is 0.0778. The summed E-state index contributed by atoms with van der Waals surface area (Å²) in [5.74, 6) is 0.850. The van der Waals surface area contributed by atoms with Crippen LogP contribution in [0.5, 0.6) is 5.75 Å². The summed E-state index contributed by atoms with van der Waals surface area (Å²) in [4.78, 5) is 8.45. The van der Waals surface area contributed by atoms with Gasteiger partial charge in [0.1, 0.15) is 23.7 Å². The number of anilines is 3. The first kappa shape index (κ1) is 14.8. The van der Waals surface area contributed by atoms with Gasteiger partial charge in [-0.25, -0.2) is 14.4 Å². The zero-order valence-electron chi connectivity index (χ0n) is 12.5. The lowest BCUT2D eigenvalue weighted by molar-refractivity contribution is 0.416. The van der Waals surface area contributed by atoms with Crippen LogP contribution in [-0.4, -0.2) is 17.1 Å². The maximum absolute atomic E-state index is 13.2. The van der Waals surface area contributed by atoms with E-state index >= 15 is 0 Å². The van der Waals surface area contributed by atoms with Gasteiger partial charge in [-0.1, -0.05) is 12.1 Å². The second kappa shape index (κ2) is 6.31. The van der Waals surface area contributed by atoms with Crippen LogP contribution in [0, 0.1) is 5.82 Å². The second-order valence-corrected chi connectivity index (χ2v) is 4.85. The monoisotopic (exact) mass is 310 g/mol. The molecule has 0 aliphatic rings. The van der Waals surface area contributed by atoms with Crippen LogP contribution >= 0.6 is 0 Å². The van der Waals surface area contributed by atoms with Crippen molar-refractivity contribution in [2.75, 3.05) is 18.2 Å². The molecule has 0 fully saturated rings. The van der Waals surface area contributed by atoms with E-state index in [4.69, 9.17) is 10.5 Å². The van der Waals surface area contributed by atoms with Crippen molar-refractivity contribution < 1.29 is 9.13 Å². The Morgan fingerprint density at radius 3 is 2.70 bits per heavy atom. The van der Waals surface area contributed by atoms with Crippen molar-refractivity contribution >= 4 is 17.2 Å². The first-order valence-electron chi connectivity index (χ1n) is 6.95. The highest BCUT2D eigenvalue weighted by Crippen LogP contribution is 2.29. The summed E-state index contributed by atoms with van der Waals surface area (Å²) in [5.41, 5.74) is 7.87. The van der Waals surface area contributed by atoms with Crippen LogP contribution in [0.2, 0.25) is 0 Å². The Morgan fingerprint density at radius 1 is 1.09 bits per heavy atom. The highest BCUT2D eigenvalue weighted by atomic mass is 19.1. The Hall–Kier alpha value is -3.15. The molecule has 0 aliphatic carbocycles. The molecular formula is C17H15FN4O. The van der Waals surface area contributed by atoms with Crippen LogP contribution in [0.25, 0.3) is 11.3 Å². The first-order valence-corrected chi connectivity index (χ1v) is 6.95. The van der Waals surface area contributed by atoms with Crippen LogP contribution in [0.1, 0.15) is 0 Å². The van der Waals surface area contributed by atoms with E-state index in [9.17, 15) is 4.39 Å². The van der Waals surface area contributed by atoms with Crippen LogP contribution in [0.3, 0.4) is 0 Å². The van der Waals surface area contributed by atoms with Crippen molar-refractivity contribution in [2.24, 2.45) is 0 Å². The molecule has 0 radical (unpaired) electrons. The number of nitrogens with zero attached hydrogens (tertiary/aromatic N) is 2. The van der Waals surface area contributed by atoms with Crippen molar-refractivity contribution in [2.45, 2.75) is 0 Å². The van der Waals surface area contributed by atoms with E-state index in [0.29, 0.717) is 11.5 Å². The minimum Gasteiger partial charge on any atom is -0.496 e. The molecule has 0 aliphatic heterocycles. The molecule has 5 nitrogen and oxygen atoms in total. The average Bonchev–Trinajstić information content (AvgIpc) is 2.58. The number of hydrogen-bond acceptors (Lipinski definition) is 5. The molecule has 1 aromatic heterocycles. The number of para-hydroxylation sites is 1. The number of aromatic nitrogens is 2. The number of rotatable bonds is 4. The van der Waals surface area contributed by atoms with Crippen LogP contribution < -0.4 is 15.8 Å². The number of nitrogens with two attached hydrogens (primary N) is 1. The van der Waals surface area contributed by atoms with Gasteiger partial charge in [0.2, 0.25) is 0 Å². The number of nitrogen functional groups attached to an aromatic ring is 1. The summed E-state index contributed by atoms with van der Waals surface area (Å²) in [6.45, 7) is 0. The van der Waals surface area contributed by atoms with Gasteiger partial charge in [0, 0.05) is 17.3 Å². The van der Waals surface area contributed by atoms with Gasteiger partial charge in [-0.3, -0.25) is 0 Å². The summed E-state index contributed by atoms with van der Waals surface area (Å²) in [6.07, 6.45) is 1.46.